The summed E-state index contributed by atoms with van der Waals surface area (Å²) in [4.78, 5) is 7.08. The quantitative estimate of drug-likeness (QED) is 0.800. The fourth-order valence-corrected chi connectivity index (χ4v) is 2.82. The molecule has 1 aliphatic rings. The Morgan fingerprint density at radius 2 is 2.38 bits per heavy atom. The molecule has 1 saturated heterocycles. The number of imidazole rings is 1. The van der Waals surface area contributed by atoms with Crippen LogP contribution in [-0.4, -0.2) is 34.4 Å². The van der Waals surface area contributed by atoms with Gasteiger partial charge in [-0.05, 0) is 48.1 Å². The summed E-state index contributed by atoms with van der Waals surface area (Å²) >= 11 is 3.54. The predicted octanol–water partition coefficient (Wildman–Crippen LogP) is 2.52. The minimum Gasteiger partial charge on any atom is -0.306 e. The van der Waals surface area contributed by atoms with Gasteiger partial charge in [-0.15, -0.1) is 0 Å². The van der Waals surface area contributed by atoms with Gasteiger partial charge in [-0.2, -0.15) is 0 Å². The van der Waals surface area contributed by atoms with Gasteiger partial charge < -0.3 is 9.30 Å². The third kappa shape index (κ3) is 1.66. The smallest absolute Gasteiger partial charge is 0.151 e. The monoisotopic (exact) mass is 279 g/mol. The van der Waals surface area contributed by atoms with Crippen LogP contribution in [0.1, 0.15) is 18.0 Å². The number of rotatable bonds is 1. The molecular weight excluding hydrogens is 266 g/mol. The van der Waals surface area contributed by atoms with E-state index >= 15 is 0 Å². The SMILES string of the molecule is CN1CCC(c2cn3cccc(Br)c3n2)C1. The second-order valence-corrected chi connectivity index (χ2v) is 5.35. The van der Waals surface area contributed by atoms with E-state index in [0.717, 1.165) is 16.7 Å². The van der Waals surface area contributed by atoms with Crippen molar-refractivity contribution in [2.45, 2.75) is 12.3 Å². The van der Waals surface area contributed by atoms with Crippen LogP contribution in [-0.2, 0) is 0 Å². The molecule has 1 aliphatic heterocycles. The molecule has 0 spiro atoms. The standard InChI is InChI=1S/C12H14BrN3/c1-15-6-4-9(7-15)11-8-16-5-2-3-10(13)12(16)14-11/h2-3,5,8-9H,4,6-7H2,1H3. The summed E-state index contributed by atoms with van der Waals surface area (Å²) in [7, 11) is 2.17. The molecule has 84 valence electrons. The molecule has 2 aromatic heterocycles. The van der Waals surface area contributed by atoms with E-state index in [4.69, 9.17) is 4.98 Å². The molecule has 2 aromatic rings. The van der Waals surface area contributed by atoms with Gasteiger partial charge in [-0.3, -0.25) is 0 Å². The lowest BCUT2D eigenvalue weighted by Crippen LogP contribution is -2.13. The van der Waals surface area contributed by atoms with Crippen LogP contribution in [0.4, 0.5) is 0 Å². The average Bonchev–Trinajstić information content (AvgIpc) is 2.84. The highest BCUT2D eigenvalue weighted by Gasteiger charge is 2.23. The zero-order chi connectivity index (χ0) is 11.1. The Morgan fingerprint density at radius 3 is 3.06 bits per heavy atom. The number of hydrogen-bond donors (Lipinski definition) is 0. The highest BCUT2D eigenvalue weighted by molar-refractivity contribution is 9.10. The van der Waals surface area contributed by atoms with E-state index in [9.17, 15) is 0 Å². The van der Waals surface area contributed by atoms with Crippen LogP contribution < -0.4 is 0 Å². The van der Waals surface area contributed by atoms with Crippen molar-refractivity contribution >= 4 is 21.6 Å². The second-order valence-electron chi connectivity index (χ2n) is 4.50. The Kier molecular flexibility index (Phi) is 2.48. The van der Waals surface area contributed by atoms with Gasteiger partial charge in [0.05, 0.1) is 10.2 Å². The van der Waals surface area contributed by atoms with Crippen molar-refractivity contribution in [2.75, 3.05) is 20.1 Å². The normalized spacial score (nSPS) is 22.0. The van der Waals surface area contributed by atoms with E-state index in [2.05, 4.69) is 44.7 Å². The number of aromatic nitrogens is 2. The van der Waals surface area contributed by atoms with Gasteiger partial charge in [-0.25, -0.2) is 4.98 Å². The Hall–Kier alpha value is -0.870. The fraction of sp³-hybridized carbons (Fsp3) is 0.417. The van der Waals surface area contributed by atoms with Gasteiger partial charge in [0.2, 0.25) is 0 Å². The Balaban J connectivity index is 2.02. The average molecular weight is 280 g/mol. The maximum atomic E-state index is 4.72. The molecule has 4 heteroatoms. The van der Waals surface area contributed by atoms with E-state index < -0.39 is 0 Å². The van der Waals surface area contributed by atoms with Gasteiger partial charge in [0.1, 0.15) is 0 Å². The first-order valence-electron chi connectivity index (χ1n) is 5.56. The van der Waals surface area contributed by atoms with Gasteiger partial charge >= 0.3 is 0 Å². The molecule has 0 aliphatic carbocycles. The molecule has 0 N–H and O–H groups in total. The number of halogens is 1. The molecule has 1 fully saturated rings. The van der Waals surface area contributed by atoms with E-state index in [0.29, 0.717) is 5.92 Å². The van der Waals surface area contributed by atoms with E-state index in [1.165, 1.54) is 18.7 Å². The summed E-state index contributed by atoms with van der Waals surface area (Å²) in [6.45, 7) is 2.31. The third-order valence-electron chi connectivity index (χ3n) is 3.26. The highest BCUT2D eigenvalue weighted by Crippen LogP contribution is 2.27. The van der Waals surface area contributed by atoms with Crippen LogP contribution in [0.5, 0.6) is 0 Å². The van der Waals surface area contributed by atoms with Gasteiger partial charge in [0.15, 0.2) is 5.65 Å². The third-order valence-corrected chi connectivity index (χ3v) is 3.88. The summed E-state index contributed by atoms with van der Waals surface area (Å²) < 4.78 is 3.16. The van der Waals surface area contributed by atoms with Crippen molar-refractivity contribution in [3.05, 3.63) is 34.7 Å². The number of likely N-dealkylation sites (tertiary alicyclic amines) is 1. The Bertz CT molecular complexity index is 520. The van der Waals surface area contributed by atoms with Crippen molar-refractivity contribution in [2.24, 2.45) is 0 Å². The molecule has 3 rings (SSSR count). The molecule has 0 aromatic carbocycles. The lowest BCUT2D eigenvalue weighted by Gasteiger charge is -2.06. The zero-order valence-corrected chi connectivity index (χ0v) is 10.8. The van der Waals surface area contributed by atoms with Crippen molar-refractivity contribution in [1.82, 2.24) is 14.3 Å². The predicted molar refractivity (Wildman–Crippen MR) is 67.7 cm³/mol. The Labute approximate surface area is 103 Å². The van der Waals surface area contributed by atoms with Crippen LogP contribution in [0.15, 0.2) is 29.0 Å². The van der Waals surface area contributed by atoms with Crippen LogP contribution >= 0.6 is 15.9 Å². The van der Waals surface area contributed by atoms with Crippen LogP contribution in [0.25, 0.3) is 5.65 Å². The van der Waals surface area contributed by atoms with E-state index in [-0.39, 0.29) is 0 Å². The number of pyridine rings is 1. The molecule has 1 unspecified atom stereocenters. The summed E-state index contributed by atoms with van der Waals surface area (Å²) in [6.07, 6.45) is 5.43. The van der Waals surface area contributed by atoms with Crippen LogP contribution in [0.2, 0.25) is 0 Å². The van der Waals surface area contributed by atoms with Crippen LogP contribution in [0.3, 0.4) is 0 Å². The second kappa shape index (κ2) is 3.86. The van der Waals surface area contributed by atoms with Crippen molar-refractivity contribution in [3.8, 4) is 0 Å². The van der Waals surface area contributed by atoms with Gasteiger partial charge in [0, 0.05) is 24.9 Å². The van der Waals surface area contributed by atoms with Gasteiger partial charge in [-0.1, -0.05) is 0 Å². The molecule has 3 nitrogen and oxygen atoms in total. The Morgan fingerprint density at radius 1 is 1.50 bits per heavy atom. The molecular formula is C12H14BrN3. The van der Waals surface area contributed by atoms with Crippen LogP contribution in [0, 0.1) is 0 Å². The summed E-state index contributed by atoms with van der Waals surface area (Å²) in [6, 6.07) is 4.07. The van der Waals surface area contributed by atoms with Crippen molar-refractivity contribution < 1.29 is 0 Å². The summed E-state index contributed by atoms with van der Waals surface area (Å²) in [5, 5.41) is 0. The molecule has 3 heterocycles. The molecule has 0 bridgehead atoms. The molecule has 16 heavy (non-hydrogen) atoms. The number of fused-ring (bicyclic) bond motifs is 1. The summed E-state index contributed by atoms with van der Waals surface area (Å²) in [5.41, 5.74) is 2.24. The first-order valence-corrected chi connectivity index (χ1v) is 6.35. The summed E-state index contributed by atoms with van der Waals surface area (Å²) in [5.74, 6) is 0.594. The maximum Gasteiger partial charge on any atom is 0.151 e. The maximum absolute atomic E-state index is 4.72. The first-order chi connectivity index (χ1) is 7.74. The van der Waals surface area contributed by atoms with Crippen molar-refractivity contribution in [3.63, 3.8) is 0 Å². The lowest BCUT2D eigenvalue weighted by atomic mass is 10.1. The minimum atomic E-state index is 0.594. The van der Waals surface area contributed by atoms with E-state index in [1.807, 2.05) is 12.1 Å². The first kappa shape index (κ1) is 10.3. The molecule has 0 radical (unpaired) electrons. The largest absolute Gasteiger partial charge is 0.306 e. The topological polar surface area (TPSA) is 20.5 Å². The number of nitrogens with zero attached hydrogens (tertiary/aromatic N) is 3. The lowest BCUT2D eigenvalue weighted by molar-refractivity contribution is 0.411. The zero-order valence-electron chi connectivity index (χ0n) is 9.23. The molecule has 0 amide bonds. The molecule has 1 atom stereocenters. The molecule has 0 saturated carbocycles. The number of likely N-dealkylation sites (N-methyl/N-ethyl adjacent to an activating group) is 1. The number of hydrogen-bond acceptors (Lipinski definition) is 2. The van der Waals surface area contributed by atoms with Crippen molar-refractivity contribution in [1.29, 1.82) is 0 Å². The fourth-order valence-electron chi connectivity index (χ4n) is 2.37. The highest BCUT2D eigenvalue weighted by atomic mass is 79.9. The van der Waals surface area contributed by atoms with E-state index in [1.54, 1.807) is 0 Å². The minimum absolute atomic E-state index is 0.594. The van der Waals surface area contributed by atoms with Gasteiger partial charge in [0.25, 0.3) is 0 Å².